The Morgan fingerprint density at radius 1 is 1.10 bits per heavy atom. The van der Waals surface area contributed by atoms with E-state index in [9.17, 15) is 14.9 Å². The fraction of sp³-hybridized carbons (Fsp3) is 0.136. The van der Waals surface area contributed by atoms with Gasteiger partial charge in [0.2, 0.25) is 5.13 Å². The van der Waals surface area contributed by atoms with Gasteiger partial charge in [-0.2, -0.15) is 9.78 Å². The summed E-state index contributed by atoms with van der Waals surface area (Å²) in [4.78, 5) is 28.1. The molecule has 0 aliphatic heterocycles. The highest BCUT2D eigenvalue weighted by atomic mass is 32.1. The summed E-state index contributed by atoms with van der Waals surface area (Å²) < 4.78 is 1.57. The number of anilines is 1. The summed E-state index contributed by atoms with van der Waals surface area (Å²) in [5.41, 5.74) is 4.28. The maximum Gasteiger partial charge on any atom is 0.273 e. The Bertz CT molecular complexity index is 1290. The average Bonchev–Trinajstić information content (AvgIpc) is 3.35. The van der Waals surface area contributed by atoms with Crippen LogP contribution in [-0.4, -0.2) is 25.6 Å². The van der Waals surface area contributed by atoms with E-state index < -0.39 is 10.8 Å². The summed E-state index contributed by atoms with van der Waals surface area (Å²) in [5, 5.41) is 21.0. The SMILES string of the molecule is Cc1ccc(-c2csc(-n3nc(C)cc3NC(=O)c3ccc(C)c([N+](=O)[O-])c3)n2)cc1. The molecule has 0 fully saturated rings. The summed E-state index contributed by atoms with van der Waals surface area (Å²) in [6.45, 7) is 5.48. The number of hydrogen-bond donors (Lipinski definition) is 1. The lowest BCUT2D eigenvalue weighted by Crippen LogP contribution is -2.15. The molecule has 1 amide bonds. The zero-order chi connectivity index (χ0) is 22.1. The van der Waals surface area contributed by atoms with Crippen molar-refractivity contribution >= 4 is 28.7 Å². The molecule has 0 unspecified atom stereocenters. The molecule has 0 bridgehead atoms. The number of benzene rings is 2. The van der Waals surface area contributed by atoms with Crippen molar-refractivity contribution in [3.8, 4) is 16.4 Å². The van der Waals surface area contributed by atoms with Crippen molar-refractivity contribution in [2.75, 3.05) is 5.32 Å². The van der Waals surface area contributed by atoms with Gasteiger partial charge in [0.1, 0.15) is 5.82 Å². The van der Waals surface area contributed by atoms with Crippen LogP contribution in [0.1, 0.15) is 27.2 Å². The Morgan fingerprint density at radius 2 is 1.84 bits per heavy atom. The molecule has 0 atom stereocenters. The van der Waals surface area contributed by atoms with Crippen molar-refractivity contribution < 1.29 is 9.72 Å². The predicted octanol–water partition coefficient (Wildman–Crippen LogP) is 5.08. The third-order valence-electron chi connectivity index (χ3n) is 4.76. The molecule has 156 valence electrons. The molecule has 0 spiro atoms. The van der Waals surface area contributed by atoms with E-state index >= 15 is 0 Å². The number of carbonyl (C=O) groups is 1. The van der Waals surface area contributed by atoms with Gasteiger partial charge in [0.15, 0.2) is 0 Å². The molecule has 0 saturated heterocycles. The number of nitro benzene ring substituents is 1. The lowest BCUT2D eigenvalue weighted by Gasteiger charge is -2.07. The van der Waals surface area contributed by atoms with Crippen molar-refractivity contribution in [2.45, 2.75) is 20.8 Å². The van der Waals surface area contributed by atoms with E-state index in [1.54, 1.807) is 29.8 Å². The number of amides is 1. The number of nitrogens with one attached hydrogen (secondary N) is 1. The first-order valence-corrected chi connectivity index (χ1v) is 10.4. The number of hydrogen-bond acceptors (Lipinski definition) is 6. The minimum Gasteiger partial charge on any atom is -0.306 e. The molecule has 4 rings (SSSR count). The van der Waals surface area contributed by atoms with E-state index in [2.05, 4.69) is 15.4 Å². The Kier molecular flexibility index (Phi) is 5.35. The fourth-order valence-electron chi connectivity index (χ4n) is 3.09. The van der Waals surface area contributed by atoms with Gasteiger partial charge in [-0.05, 0) is 26.8 Å². The highest BCUT2D eigenvalue weighted by molar-refractivity contribution is 7.12. The summed E-state index contributed by atoms with van der Waals surface area (Å²) in [6, 6.07) is 14.2. The van der Waals surface area contributed by atoms with Gasteiger partial charge >= 0.3 is 0 Å². The first-order chi connectivity index (χ1) is 14.8. The van der Waals surface area contributed by atoms with Crippen molar-refractivity contribution in [3.05, 3.63) is 86.4 Å². The standard InChI is InChI=1S/C22H19N5O3S/c1-13-4-7-16(8-5-13)18-12-31-22(23-18)26-20(10-15(3)25-26)24-21(28)17-9-6-14(2)19(11-17)27(29)30/h4-12H,1-3H3,(H,24,28). The number of nitrogens with zero attached hydrogens (tertiary/aromatic N) is 4. The van der Waals surface area contributed by atoms with Gasteiger partial charge in [-0.25, -0.2) is 4.98 Å². The number of thiazole rings is 1. The van der Waals surface area contributed by atoms with Gasteiger partial charge in [-0.3, -0.25) is 14.9 Å². The second kappa shape index (κ2) is 8.11. The quantitative estimate of drug-likeness (QED) is 0.349. The average molecular weight is 433 g/mol. The Hall–Kier alpha value is -3.85. The molecule has 9 heteroatoms. The first kappa shape index (κ1) is 20.4. The van der Waals surface area contributed by atoms with Gasteiger partial charge in [0.05, 0.1) is 16.3 Å². The zero-order valence-electron chi connectivity index (χ0n) is 17.1. The summed E-state index contributed by atoms with van der Waals surface area (Å²) in [6.07, 6.45) is 0. The smallest absolute Gasteiger partial charge is 0.273 e. The van der Waals surface area contributed by atoms with E-state index in [0.29, 0.717) is 22.2 Å². The van der Waals surface area contributed by atoms with E-state index in [1.165, 1.54) is 23.0 Å². The fourth-order valence-corrected chi connectivity index (χ4v) is 3.88. The van der Waals surface area contributed by atoms with Crippen molar-refractivity contribution in [2.24, 2.45) is 0 Å². The minimum atomic E-state index is -0.497. The first-order valence-electron chi connectivity index (χ1n) is 9.48. The molecule has 31 heavy (non-hydrogen) atoms. The van der Waals surface area contributed by atoms with Crippen LogP contribution in [0.4, 0.5) is 11.5 Å². The van der Waals surface area contributed by atoms with E-state index in [1.807, 2.05) is 43.5 Å². The number of rotatable bonds is 5. The van der Waals surface area contributed by atoms with Crippen molar-refractivity contribution in [3.63, 3.8) is 0 Å². The minimum absolute atomic E-state index is 0.0972. The third-order valence-corrected chi connectivity index (χ3v) is 5.58. The van der Waals surface area contributed by atoms with Crippen LogP contribution >= 0.6 is 11.3 Å². The molecule has 2 aromatic carbocycles. The van der Waals surface area contributed by atoms with Crippen LogP contribution in [0.5, 0.6) is 0 Å². The molecular weight excluding hydrogens is 414 g/mol. The van der Waals surface area contributed by atoms with Crippen LogP contribution in [0.15, 0.2) is 53.9 Å². The zero-order valence-corrected chi connectivity index (χ0v) is 17.9. The number of nitro groups is 1. The topological polar surface area (TPSA) is 103 Å². The van der Waals surface area contributed by atoms with Crippen LogP contribution < -0.4 is 5.32 Å². The summed E-state index contributed by atoms with van der Waals surface area (Å²) >= 11 is 1.41. The van der Waals surface area contributed by atoms with Crippen molar-refractivity contribution in [1.29, 1.82) is 0 Å². The Balaban J connectivity index is 1.63. The van der Waals surface area contributed by atoms with Crippen LogP contribution in [0, 0.1) is 30.9 Å². The van der Waals surface area contributed by atoms with Gasteiger partial charge in [0, 0.05) is 34.2 Å². The second-order valence-corrected chi connectivity index (χ2v) is 8.01. The van der Waals surface area contributed by atoms with E-state index in [4.69, 9.17) is 0 Å². The molecule has 2 heterocycles. The summed E-state index contributed by atoms with van der Waals surface area (Å²) in [5.74, 6) is -0.0184. The summed E-state index contributed by atoms with van der Waals surface area (Å²) in [7, 11) is 0. The van der Waals surface area contributed by atoms with Crippen molar-refractivity contribution in [1.82, 2.24) is 14.8 Å². The van der Waals surface area contributed by atoms with E-state index in [0.717, 1.165) is 11.3 Å². The third kappa shape index (κ3) is 4.22. The van der Waals surface area contributed by atoms with E-state index in [-0.39, 0.29) is 11.3 Å². The van der Waals surface area contributed by atoms with Crippen LogP contribution in [-0.2, 0) is 0 Å². The predicted molar refractivity (Wildman–Crippen MR) is 120 cm³/mol. The largest absolute Gasteiger partial charge is 0.306 e. The molecule has 2 aromatic heterocycles. The number of carbonyl (C=O) groups excluding carboxylic acids is 1. The highest BCUT2D eigenvalue weighted by Crippen LogP contribution is 2.27. The lowest BCUT2D eigenvalue weighted by atomic mass is 10.1. The van der Waals surface area contributed by atoms with Gasteiger partial charge in [0.25, 0.3) is 11.6 Å². The lowest BCUT2D eigenvalue weighted by molar-refractivity contribution is -0.385. The normalized spacial score (nSPS) is 10.8. The second-order valence-electron chi connectivity index (χ2n) is 7.18. The van der Waals surface area contributed by atoms with Gasteiger partial charge < -0.3 is 5.32 Å². The van der Waals surface area contributed by atoms with Crippen LogP contribution in [0.2, 0.25) is 0 Å². The number of aryl methyl sites for hydroxylation is 3. The molecule has 0 saturated carbocycles. The monoisotopic (exact) mass is 433 g/mol. The molecular formula is C22H19N5O3S. The molecule has 8 nitrogen and oxygen atoms in total. The molecule has 0 aliphatic rings. The van der Waals surface area contributed by atoms with Gasteiger partial charge in [-0.1, -0.05) is 35.9 Å². The number of aromatic nitrogens is 3. The maximum absolute atomic E-state index is 12.8. The van der Waals surface area contributed by atoms with Crippen LogP contribution in [0.3, 0.4) is 0 Å². The van der Waals surface area contributed by atoms with Crippen LogP contribution in [0.25, 0.3) is 16.4 Å². The highest BCUT2D eigenvalue weighted by Gasteiger charge is 2.18. The Labute approximate surface area is 182 Å². The molecule has 0 aliphatic carbocycles. The molecule has 0 radical (unpaired) electrons. The molecule has 4 aromatic rings. The maximum atomic E-state index is 12.8. The van der Waals surface area contributed by atoms with Gasteiger partial charge in [-0.15, -0.1) is 11.3 Å². The Morgan fingerprint density at radius 3 is 2.55 bits per heavy atom. The molecule has 1 N–H and O–H groups in total.